The molecule has 20 heteroatoms. The van der Waals surface area contributed by atoms with E-state index in [1.54, 1.807) is 0 Å². The molecule has 0 aliphatic heterocycles. The lowest BCUT2D eigenvalue weighted by atomic mass is 9.83. The Labute approximate surface area is 252 Å². The Balaban J connectivity index is 1.31. The normalized spacial score (nSPS) is 24.8. The molecule has 3 aliphatic rings. The van der Waals surface area contributed by atoms with Crippen molar-refractivity contribution in [2.75, 3.05) is 0 Å². The molecule has 0 amide bonds. The Morgan fingerprint density at radius 2 is 1.43 bits per heavy atom. The molecule has 2 bridgehead atoms. The van der Waals surface area contributed by atoms with Gasteiger partial charge < -0.3 is 14.6 Å². The van der Waals surface area contributed by atoms with Gasteiger partial charge in [0.25, 0.3) is 0 Å². The molecule has 3 fully saturated rings. The van der Waals surface area contributed by atoms with Gasteiger partial charge in [-0.25, -0.2) is 0 Å². The van der Waals surface area contributed by atoms with Gasteiger partial charge in [0.05, 0.1) is 6.10 Å². The van der Waals surface area contributed by atoms with Crippen LogP contribution in [0.3, 0.4) is 0 Å². The third-order valence-corrected chi connectivity index (χ3v) is 9.74. The minimum Gasteiger partial charge on any atom is -0.405 e. The van der Waals surface area contributed by atoms with Crippen molar-refractivity contribution in [3.05, 3.63) is 35.6 Å². The van der Waals surface area contributed by atoms with Gasteiger partial charge in [-0.2, -0.15) is 47.9 Å². The van der Waals surface area contributed by atoms with Crippen molar-refractivity contribution in [1.29, 1.82) is 0 Å². The van der Waals surface area contributed by atoms with Gasteiger partial charge in [0.2, 0.25) is 0 Å². The molecule has 1 aromatic heterocycles. The Morgan fingerprint density at radius 3 is 1.98 bits per heavy atom. The lowest BCUT2D eigenvalue weighted by Gasteiger charge is -2.37. The number of aromatic nitrogens is 1. The van der Waals surface area contributed by atoms with Gasteiger partial charge in [-0.05, 0) is 62.5 Å². The third-order valence-electron chi connectivity index (χ3n) is 8.38. The maximum atomic E-state index is 14.3. The molecule has 4 atom stereocenters. The van der Waals surface area contributed by atoms with E-state index in [9.17, 15) is 61.1 Å². The zero-order valence-corrected chi connectivity index (χ0v) is 23.9. The number of hydrogen-bond acceptors (Lipinski definition) is 7. The quantitative estimate of drug-likeness (QED) is 0.191. The third kappa shape index (κ3) is 6.15. The smallest absolute Gasteiger partial charge is 0.405 e. The van der Waals surface area contributed by atoms with Crippen LogP contribution in [0, 0.1) is 11.8 Å². The molecule has 3 aliphatic carbocycles. The fourth-order valence-corrected chi connectivity index (χ4v) is 7.18. The van der Waals surface area contributed by atoms with Crippen LogP contribution in [0.25, 0.3) is 11.3 Å². The first-order valence-electron chi connectivity index (χ1n) is 13.8. The summed E-state index contributed by atoms with van der Waals surface area (Å²) in [7, 11) is -7.01. The second-order valence-electron chi connectivity index (χ2n) is 11.5. The van der Waals surface area contributed by atoms with Crippen molar-refractivity contribution in [3.8, 4) is 17.0 Å². The number of halogens is 12. The van der Waals surface area contributed by atoms with E-state index in [4.69, 9.17) is 4.52 Å². The molecular weight excluding hydrogens is 680 g/mol. The summed E-state index contributed by atoms with van der Waals surface area (Å²) in [5.74, 6) is -16.8. The summed E-state index contributed by atoms with van der Waals surface area (Å²) in [5.41, 5.74) is 0.434. The molecule has 46 heavy (non-hydrogen) atoms. The molecule has 258 valence electrons. The summed E-state index contributed by atoms with van der Waals surface area (Å²) < 4.78 is 197. The predicted octanol–water partition coefficient (Wildman–Crippen LogP) is 7.54. The van der Waals surface area contributed by atoms with Gasteiger partial charge >= 0.3 is 39.8 Å². The highest BCUT2D eigenvalue weighted by Gasteiger charge is 2.86. The molecule has 7 nitrogen and oxygen atoms in total. The van der Waals surface area contributed by atoms with Gasteiger partial charge in [-0.1, -0.05) is 17.3 Å². The summed E-state index contributed by atoms with van der Waals surface area (Å²) in [6.07, 6.45) is -12.2. The maximum Gasteiger partial charge on any atom is 0.573 e. The van der Waals surface area contributed by atoms with E-state index >= 15 is 0 Å². The molecule has 1 heterocycles. The predicted molar refractivity (Wildman–Crippen MR) is 131 cm³/mol. The number of hydrogen-bond donors (Lipinski definition) is 1. The second-order valence-corrected chi connectivity index (χ2v) is 13.1. The van der Waals surface area contributed by atoms with E-state index in [-0.39, 0.29) is 49.4 Å². The van der Waals surface area contributed by atoms with Crippen LogP contribution in [0.4, 0.5) is 52.7 Å². The fourth-order valence-electron chi connectivity index (χ4n) is 6.01. The monoisotopic (exact) mass is 704 g/mol. The SMILES string of the molecule is O=S(=O)(OC1[C@@H]2CC[C@H]1CC(NCc1c(-c3ccccc3OC(F)(F)F)noc1C1CC1)C2)C(F)(F)C(F)(F)C(F)(F)C(F)(F)F. The average molecular weight is 705 g/mol. The first kappa shape index (κ1) is 34.6. The number of nitrogens with one attached hydrogen (secondary N) is 1. The second kappa shape index (κ2) is 11.5. The van der Waals surface area contributed by atoms with Crippen LogP contribution in [0.5, 0.6) is 5.75 Å². The van der Waals surface area contributed by atoms with Crippen LogP contribution in [-0.4, -0.2) is 55.4 Å². The number of alkyl halides is 12. The molecule has 5 rings (SSSR count). The van der Waals surface area contributed by atoms with Crippen LogP contribution in [-0.2, 0) is 20.8 Å². The molecule has 3 saturated carbocycles. The van der Waals surface area contributed by atoms with Crippen molar-refractivity contribution in [1.82, 2.24) is 10.5 Å². The number of nitrogens with zero attached hydrogens (tertiary/aromatic N) is 1. The highest BCUT2D eigenvalue weighted by Crippen LogP contribution is 2.56. The Bertz CT molecular complexity index is 1520. The highest BCUT2D eigenvalue weighted by atomic mass is 32.2. The van der Waals surface area contributed by atoms with Gasteiger partial charge in [-0.15, -0.1) is 13.2 Å². The zero-order chi connectivity index (χ0) is 34.1. The highest BCUT2D eigenvalue weighted by molar-refractivity contribution is 7.87. The van der Waals surface area contributed by atoms with E-state index in [1.807, 2.05) is 0 Å². The molecular formula is C26H24F12N2O5S. The maximum absolute atomic E-state index is 14.3. The summed E-state index contributed by atoms with van der Waals surface area (Å²) in [5, 5.41) is 0.166. The van der Waals surface area contributed by atoms with E-state index in [2.05, 4.69) is 19.4 Å². The topological polar surface area (TPSA) is 90.7 Å². The number of rotatable bonds is 11. The molecule has 0 saturated heterocycles. The number of ether oxygens (including phenoxy) is 1. The first-order valence-corrected chi connectivity index (χ1v) is 15.2. The van der Waals surface area contributed by atoms with E-state index in [1.165, 1.54) is 18.2 Å². The molecule has 2 aromatic rings. The lowest BCUT2D eigenvalue weighted by Crippen LogP contribution is -2.63. The molecule has 1 aromatic carbocycles. The van der Waals surface area contributed by atoms with Crippen LogP contribution in [0.2, 0.25) is 0 Å². The van der Waals surface area contributed by atoms with Crippen molar-refractivity contribution in [2.45, 2.75) is 92.8 Å². The molecule has 2 unspecified atom stereocenters. The molecule has 1 N–H and O–H groups in total. The van der Waals surface area contributed by atoms with Gasteiger partial charge in [0, 0.05) is 29.6 Å². The summed E-state index contributed by atoms with van der Waals surface area (Å²) in [6, 6.07) is 4.69. The first-order chi connectivity index (χ1) is 21.1. The Kier molecular flexibility index (Phi) is 8.61. The van der Waals surface area contributed by atoms with Crippen molar-refractivity contribution < 1.29 is 74.5 Å². The van der Waals surface area contributed by atoms with Crippen molar-refractivity contribution in [2.24, 2.45) is 11.8 Å². The largest absolute Gasteiger partial charge is 0.573 e. The van der Waals surface area contributed by atoms with Crippen LogP contribution in [0.15, 0.2) is 28.8 Å². The van der Waals surface area contributed by atoms with Crippen molar-refractivity contribution in [3.63, 3.8) is 0 Å². The fraction of sp³-hybridized carbons (Fsp3) is 0.654. The minimum atomic E-state index is -7.40. The molecule has 0 radical (unpaired) electrons. The molecule has 0 spiro atoms. The van der Waals surface area contributed by atoms with E-state index in [0.717, 1.165) is 18.9 Å². The van der Waals surface area contributed by atoms with E-state index < -0.39 is 69.5 Å². The Hall–Kier alpha value is -2.74. The summed E-state index contributed by atoms with van der Waals surface area (Å²) >= 11 is 0. The standard InChI is InChI=1S/C26H24F12N2O5S/c27-22(28,24(31,32)33)23(29,30)25(34,35)46(41,42)45-20-13-7-8-14(20)10-15(9-13)39-11-17-19(40-44-21(17)12-5-6-12)16-3-1-2-4-18(16)43-26(36,37)38/h1-4,12-15,20,39H,5-11H2/t13-,14+,15?,20?. The number of para-hydroxylation sites is 1. The summed E-state index contributed by atoms with van der Waals surface area (Å²) in [6.45, 7) is -0.0320. The minimum absolute atomic E-state index is 0.00942. The lowest BCUT2D eigenvalue weighted by molar-refractivity contribution is -0.383. The summed E-state index contributed by atoms with van der Waals surface area (Å²) in [4.78, 5) is 0. The number of benzene rings is 1. The van der Waals surface area contributed by atoms with Crippen molar-refractivity contribution >= 4 is 10.1 Å². The van der Waals surface area contributed by atoms with E-state index in [0.29, 0.717) is 11.3 Å². The van der Waals surface area contributed by atoms with Crippen LogP contribution < -0.4 is 10.1 Å². The van der Waals surface area contributed by atoms with Gasteiger partial charge in [0.15, 0.2) is 0 Å². The Morgan fingerprint density at radius 1 is 0.848 bits per heavy atom. The van der Waals surface area contributed by atoms with Gasteiger partial charge in [-0.3, -0.25) is 4.18 Å². The number of fused-ring (bicyclic) bond motifs is 2. The van der Waals surface area contributed by atoms with Crippen LogP contribution >= 0.6 is 0 Å². The zero-order valence-electron chi connectivity index (χ0n) is 23.1. The van der Waals surface area contributed by atoms with Gasteiger partial charge in [0.1, 0.15) is 17.2 Å². The van der Waals surface area contributed by atoms with Crippen LogP contribution in [0.1, 0.15) is 55.8 Å². The average Bonchev–Trinajstić information content (AvgIpc) is 3.65.